The molecule has 0 bridgehead atoms. The smallest absolute Gasteiger partial charge is 0.307 e. The Hall–Kier alpha value is -0.610. The summed E-state index contributed by atoms with van der Waals surface area (Å²) in [5, 5.41) is 9.37. The molecule has 1 N–H and O–H groups in total. The van der Waals surface area contributed by atoms with Crippen molar-refractivity contribution in [3.63, 3.8) is 0 Å². The average molecular weight is 245 g/mol. The molecule has 0 aliphatic rings. The summed E-state index contributed by atoms with van der Waals surface area (Å²) in [4.78, 5) is 13.6. The zero-order valence-electron chi connectivity index (χ0n) is 12.0. The molecule has 0 spiro atoms. The lowest BCUT2D eigenvalue weighted by Gasteiger charge is -2.28. The van der Waals surface area contributed by atoms with Gasteiger partial charge in [0.25, 0.3) is 0 Å². The molecule has 0 saturated heterocycles. The third kappa shape index (κ3) is 9.12. The molecule has 0 aromatic heterocycles. The van der Waals surface area contributed by atoms with Crippen LogP contribution in [0.3, 0.4) is 0 Å². The van der Waals surface area contributed by atoms with Crippen molar-refractivity contribution >= 4 is 5.97 Å². The third-order valence-corrected chi connectivity index (χ3v) is 2.25. The fourth-order valence-electron chi connectivity index (χ4n) is 1.53. The molecule has 102 valence electrons. The van der Waals surface area contributed by atoms with Crippen molar-refractivity contribution in [1.82, 2.24) is 4.90 Å². The van der Waals surface area contributed by atoms with Gasteiger partial charge in [-0.1, -0.05) is 0 Å². The van der Waals surface area contributed by atoms with Gasteiger partial charge in [-0.2, -0.15) is 0 Å². The number of ether oxygens (including phenoxy) is 1. The summed E-state index contributed by atoms with van der Waals surface area (Å²) in [6, 6.07) is 0.312. The van der Waals surface area contributed by atoms with Crippen LogP contribution in [0.4, 0.5) is 0 Å². The highest BCUT2D eigenvalue weighted by molar-refractivity contribution is 5.70. The number of aliphatic hydroxyl groups excluding tert-OH is 1. The van der Waals surface area contributed by atoms with Crippen LogP contribution < -0.4 is 0 Å². The van der Waals surface area contributed by atoms with Crippen LogP contribution in [0.1, 0.15) is 48.0 Å². The first kappa shape index (κ1) is 16.4. The summed E-state index contributed by atoms with van der Waals surface area (Å²) in [7, 11) is 0. The molecule has 0 radical (unpaired) electrons. The van der Waals surface area contributed by atoms with E-state index in [9.17, 15) is 9.90 Å². The van der Waals surface area contributed by atoms with Gasteiger partial charge in [-0.05, 0) is 41.5 Å². The van der Waals surface area contributed by atoms with E-state index in [-0.39, 0.29) is 12.1 Å². The van der Waals surface area contributed by atoms with E-state index in [1.54, 1.807) is 6.92 Å². The van der Waals surface area contributed by atoms with E-state index in [2.05, 4.69) is 18.7 Å². The molecule has 0 fully saturated rings. The molecule has 0 rings (SSSR count). The molecule has 17 heavy (non-hydrogen) atoms. The van der Waals surface area contributed by atoms with Gasteiger partial charge in [0.05, 0.1) is 12.5 Å². The summed E-state index contributed by atoms with van der Waals surface area (Å²) >= 11 is 0. The Kier molecular flexibility index (Phi) is 6.72. The van der Waals surface area contributed by atoms with Gasteiger partial charge in [0, 0.05) is 19.1 Å². The number of esters is 1. The van der Waals surface area contributed by atoms with Crippen molar-refractivity contribution < 1.29 is 14.6 Å². The zero-order valence-corrected chi connectivity index (χ0v) is 12.0. The first-order valence-electron chi connectivity index (χ1n) is 6.26. The number of carbonyl (C=O) groups excluding carboxylic acids is 1. The summed E-state index contributed by atoms with van der Waals surface area (Å²) < 4.78 is 5.24. The van der Waals surface area contributed by atoms with Crippen molar-refractivity contribution in [2.45, 2.75) is 65.7 Å². The van der Waals surface area contributed by atoms with Crippen LogP contribution in [-0.2, 0) is 9.53 Å². The lowest BCUT2D eigenvalue weighted by atomic mass is 10.2. The number of hydrogen-bond acceptors (Lipinski definition) is 4. The predicted octanol–water partition coefficient (Wildman–Crippen LogP) is 1.81. The minimum atomic E-state index is -0.427. The molecular weight excluding hydrogens is 218 g/mol. The van der Waals surface area contributed by atoms with E-state index in [0.717, 1.165) is 0 Å². The molecule has 0 saturated carbocycles. The molecule has 0 aliphatic heterocycles. The van der Waals surface area contributed by atoms with Crippen LogP contribution in [0.2, 0.25) is 0 Å². The van der Waals surface area contributed by atoms with Crippen molar-refractivity contribution in [2.24, 2.45) is 0 Å². The summed E-state index contributed by atoms with van der Waals surface area (Å²) in [6.07, 6.45) is -0.0154. The number of carbonyl (C=O) groups is 1. The van der Waals surface area contributed by atoms with E-state index >= 15 is 0 Å². The van der Waals surface area contributed by atoms with Gasteiger partial charge in [0.1, 0.15) is 5.60 Å². The summed E-state index contributed by atoms with van der Waals surface area (Å²) in [6.45, 7) is 12.7. The van der Waals surface area contributed by atoms with Gasteiger partial charge in [0.2, 0.25) is 0 Å². The topological polar surface area (TPSA) is 49.8 Å². The second kappa shape index (κ2) is 6.97. The van der Waals surface area contributed by atoms with Gasteiger partial charge in [-0.3, -0.25) is 9.69 Å². The SMILES string of the molecule is CC(O)CN(CCC(=O)OC(C)(C)C)C(C)C. The molecule has 4 nitrogen and oxygen atoms in total. The molecule has 0 aromatic carbocycles. The molecule has 1 atom stereocenters. The van der Waals surface area contributed by atoms with Crippen LogP contribution in [-0.4, -0.2) is 46.8 Å². The fourth-order valence-corrected chi connectivity index (χ4v) is 1.53. The average Bonchev–Trinajstić information content (AvgIpc) is 2.08. The van der Waals surface area contributed by atoms with Crippen LogP contribution >= 0.6 is 0 Å². The quantitative estimate of drug-likeness (QED) is 0.725. The monoisotopic (exact) mass is 245 g/mol. The third-order valence-electron chi connectivity index (χ3n) is 2.25. The van der Waals surface area contributed by atoms with Crippen molar-refractivity contribution in [2.75, 3.05) is 13.1 Å². The molecule has 0 amide bonds. The minimum absolute atomic E-state index is 0.186. The van der Waals surface area contributed by atoms with Gasteiger partial charge >= 0.3 is 5.97 Å². The Bertz CT molecular complexity index is 231. The Morgan fingerprint density at radius 3 is 2.18 bits per heavy atom. The maximum absolute atomic E-state index is 11.6. The van der Waals surface area contributed by atoms with Crippen LogP contribution in [0.15, 0.2) is 0 Å². The number of hydrogen-bond donors (Lipinski definition) is 1. The standard InChI is InChI=1S/C13H27NO3/c1-10(2)14(9-11(3)15)8-7-12(16)17-13(4,5)6/h10-11,15H,7-9H2,1-6H3. The van der Waals surface area contributed by atoms with Gasteiger partial charge < -0.3 is 9.84 Å². The van der Waals surface area contributed by atoms with Gasteiger partial charge in [-0.15, -0.1) is 0 Å². The highest BCUT2D eigenvalue weighted by Crippen LogP contribution is 2.09. The van der Waals surface area contributed by atoms with E-state index in [1.165, 1.54) is 0 Å². The molecule has 0 heterocycles. The van der Waals surface area contributed by atoms with Gasteiger partial charge in [0.15, 0.2) is 0 Å². The van der Waals surface area contributed by atoms with Crippen LogP contribution in [0.25, 0.3) is 0 Å². The van der Waals surface area contributed by atoms with Crippen LogP contribution in [0, 0.1) is 0 Å². The first-order valence-corrected chi connectivity index (χ1v) is 6.26. The molecule has 1 unspecified atom stereocenters. The molecular formula is C13H27NO3. The van der Waals surface area contributed by atoms with Crippen molar-refractivity contribution in [3.05, 3.63) is 0 Å². The number of aliphatic hydroxyl groups is 1. The lowest BCUT2D eigenvalue weighted by molar-refractivity contribution is -0.155. The maximum atomic E-state index is 11.6. The molecule has 0 aliphatic carbocycles. The molecule has 0 aromatic rings. The first-order chi connectivity index (χ1) is 7.61. The van der Waals surface area contributed by atoms with Crippen molar-refractivity contribution in [1.29, 1.82) is 0 Å². The van der Waals surface area contributed by atoms with E-state index in [0.29, 0.717) is 25.6 Å². The Labute approximate surface area is 105 Å². The second-order valence-electron chi connectivity index (χ2n) is 5.77. The lowest BCUT2D eigenvalue weighted by Crippen LogP contribution is -2.38. The largest absolute Gasteiger partial charge is 0.460 e. The second-order valence-corrected chi connectivity index (χ2v) is 5.77. The van der Waals surface area contributed by atoms with Crippen LogP contribution in [0.5, 0.6) is 0 Å². The Morgan fingerprint density at radius 1 is 1.29 bits per heavy atom. The fraction of sp³-hybridized carbons (Fsp3) is 0.923. The zero-order chi connectivity index (χ0) is 13.6. The van der Waals surface area contributed by atoms with Gasteiger partial charge in [-0.25, -0.2) is 0 Å². The minimum Gasteiger partial charge on any atom is -0.460 e. The predicted molar refractivity (Wildman–Crippen MR) is 68.9 cm³/mol. The van der Waals surface area contributed by atoms with E-state index in [1.807, 2.05) is 20.8 Å². The van der Waals surface area contributed by atoms with Crippen molar-refractivity contribution in [3.8, 4) is 0 Å². The van der Waals surface area contributed by atoms with E-state index in [4.69, 9.17) is 4.74 Å². The highest BCUT2D eigenvalue weighted by Gasteiger charge is 2.18. The molecule has 4 heteroatoms. The maximum Gasteiger partial charge on any atom is 0.307 e. The summed E-state index contributed by atoms with van der Waals surface area (Å²) in [5.74, 6) is -0.186. The highest BCUT2D eigenvalue weighted by atomic mass is 16.6. The summed E-state index contributed by atoms with van der Waals surface area (Å²) in [5.41, 5.74) is -0.427. The normalized spacial score (nSPS) is 14.2. The number of rotatable bonds is 6. The van der Waals surface area contributed by atoms with E-state index < -0.39 is 5.60 Å². The number of nitrogens with zero attached hydrogens (tertiary/aromatic N) is 1. The Balaban J connectivity index is 4.09. The Morgan fingerprint density at radius 2 is 1.82 bits per heavy atom.